The lowest BCUT2D eigenvalue weighted by Crippen LogP contribution is -2.39. The number of ether oxygens (including phenoxy) is 4. The lowest BCUT2D eigenvalue weighted by molar-refractivity contribution is -0.141. The first-order chi connectivity index (χ1) is 21.1. The quantitative estimate of drug-likeness (QED) is 0.405. The van der Waals surface area contributed by atoms with Gasteiger partial charge in [0.2, 0.25) is 5.76 Å². The Hall–Kier alpha value is -3.99. The molecule has 1 saturated carbocycles. The third kappa shape index (κ3) is 5.00. The summed E-state index contributed by atoms with van der Waals surface area (Å²) in [5.74, 6) is -1.05. The van der Waals surface area contributed by atoms with Crippen molar-refractivity contribution in [3.63, 3.8) is 0 Å². The third-order valence-corrected chi connectivity index (χ3v) is 8.90. The molecule has 1 fully saturated rings. The van der Waals surface area contributed by atoms with Gasteiger partial charge in [-0.2, -0.15) is 0 Å². The van der Waals surface area contributed by atoms with Crippen molar-refractivity contribution in [2.45, 2.75) is 64.3 Å². The predicted molar refractivity (Wildman–Crippen MR) is 160 cm³/mol. The van der Waals surface area contributed by atoms with E-state index in [1.54, 1.807) is 26.8 Å². The van der Waals surface area contributed by atoms with Crippen LogP contribution < -0.4 is 24.8 Å². The third-order valence-electron chi connectivity index (χ3n) is 8.90. The monoisotopic (exact) mass is 603 g/mol. The van der Waals surface area contributed by atoms with Crippen LogP contribution >= 0.6 is 0 Å². The van der Waals surface area contributed by atoms with Crippen LogP contribution in [0.25, 0.3) is 11.6 Å². The van der Waals surface area contributed by atoms with Crippen molar-refractivity contribution in [3.8, 4) is 17.2 Å². The van der Waals surface area contributed by atoms with Crippen LogP contribution in [0.15, 0.2) is 40.6 Å². The summed E-state index contributed by atoms with van der Waals surface area (Å²) in [6.45, 7) is 4.91. The number of Topliss-reactive ketones (excluding diaryl/α,β-unsaturated/α-hetero) is 1. The zero-order chi connectivity index (χ0) is 31.3. The normalized spacial score (nSPS) is 23.8. The van der Waals surface area contributed by atoms with Crippen LogP contribution in [0.5, 0.6) is 17.2 Å². The first-order valence-electron chi connectivity index (χ1n) is 14.9. The Balaban J connectivity index is 1.58. The van der Waals surface area contributed by atoms with E-state index in [0.717, 1.165) is 21.7 Å². The first kappa shape index (κ1) is 30.1. The number of hydrogen-bond acceptors (Lipinski definition) is 10. The van der Waals surface area contributed by atoms with E-state index >= 15 is 0 Å². The number of rotatable bonds is 7. The molecule has 3 atom stereocenters. The summed E-state index contributed by atoms with van der Waals surface area (Å²) in [6.07, 6.45) is 3.92. The molecular formula is C34H37NO9. The molecule has 3 aliphatic heterocycles. The van der Waals surface area contributed by atoms with Gasteiger partial charge in [0.05, 0.1) is 55.6 Å². The lowest BCUT2D eigenvalue weighted by Gasteiger charge is -2.33. The molecule has 2 aromatic rings. The van der Waals surface area contributed by atoms with Gasteiger partial charge in [-0.1, -0.05) is 17.7 Å². The van der Waals surface area contributed by atoms with Gasteiger partial charge >= 0.3 is 5.97 Å². The zero-order valence-corrected chi connectivity index (χ0v) is 25.3. The zero-order valence-electron chi connectivity index (χ0n) is 25.3. The molecule has 44 heavy (non-hydrogen) atoms. The number of nitrogens with zero attached hydrogens (tertiary/aromatic N) is 1. The number of carbonyl (C=O) groups excluding carboxylic acids is 2. The average Bonchev–Trinajstić information content (AvgIpc) is 3.67. The molecule has 232 valence electrons. The van der Waals surface area contributed by atoms with Gasteiger partial charge in [0, 0.05) is 23.8 Å². The summed E-state index contributed by atoms with van der Waals surface area (Å²) in [4.78, 5) is 31.2. The molecule has 1 aliphatic carbocycles. The summed E-state index contributed by atoms with van der Waals surface area (Å²) < 4.78 is 23.6. The second kappa shape index (κ2) is 11.5. The summed E-state index contributed by atoms with van der Waals surface area (Å²) in [6, 6.07) is 5.81. The number of aliphatic hydroxyl groups excluding tert-OH is 2. The highest BCUT2D eigenvalue weighted by Crippen LogP contribution is 2.55. The van der Waals surface area contributed by atoms with Gasteiger partial charge in [0.15, 0.2) is 0 Å². The number of fused-ring (bicyclic) bond motifs is 3. The van der Waals surface area contributed by atoms with Crippen molar-refractivity contribution in [2.75, 3.05) is 26.9 Å². The second-order valence-corrected chi connectivity index (χ2v) is 12.1. The van der Waals surface area contributed by atoms with Gasteiger partial charge < -0.3 is 34.3 Å². The van der Waals surface area contributed by atoms with E-state index in [1.165, 1.54) is 7.11 Å². The maximum absolute atomic E-state index is 13.7. The predicted octanol–water partition coefficient (Wildman–Crippen LogP) is 2.02. The van der Waals surface area contributed by atoms with Crippen LogP contribution in [0.2, 0.25) is 0 Å². The minimum atomic E-state index is -1.19. The molecule has 2 aromatic carbocycles. The topological polar surface area (TPSA) is 144 Å². The van der Waals surface area contributed by atoms with Crippen molar-refractivity contribution in [2.24, 2.45) is 10.9 Å². The van der Waals surface area contributed by atoms with Gasteiger partial charge in [0.25, 0.3) is 0 Å². The highest BCUT2D eigenvalue weighted by Gasteiger charge is 2.43. The summed E-state index contributed by atoms with van der Waals surface area (Å²) in [7, 11) is 1.52. The van der Waals surface area contributed by atoms with E-state index in [1.807, 2.05) is 24.3 Å². The fraction of sp³-hybridized carbons (Fsp3) is 0.441. The molecular weight excluding hydrogens is 566 g/mol. The summed E-state index contributed by atoms with van der Waals surface area (Å²) in [5, 5.41) is 33.6. The van der Waals surface area contributed by atoms with E-state index in [0.29, 0.717) is 53.1 Å². The Morgan fingerprint density at radius 3 is 2.64 bits per heavy atom. The van der Waals surface area contributed by atoms with Gasteiger partial charge in [-0.15, -0.1) is 0 Å². The molecule has 0 bridgehead atoms. The Bertz CT molecular complexity index is 1730. The van der Waals surface area contributed by atoms with Crippen LogP contribution in [-0.2, 0) is 27.4 Å². The average molecular weight is 604 g/mol. The van der Waals surface area contributed by atoms with Crippen molar-refractivity contribution in [1.82, 2.24) is 0 Å². The van der Waals surface area contributed by atoms with Crippen LogP contribution in [0.3, 0.4) is 0 Å². The molecule has 3 N–H and O–H groups in total. The van der Waals surface area contributed by atoms with Crippen molar-refractivity contribution >= 4 is 23.4 Å². The SMILES string of the molecule is CCOC(=O)C1=CC(=C2CC(CO)C(=O)C(c3ccc4c(c3)=CCN=4)C2)c2c(OC)c3c(c(CO)c2O1)OC(C(C)(C)O)C3. The molecule has 3 unspecified atom stereocenters. The Labute approximate surface area is 254 Å². The molecule has 6 rings (SSSR count). The number of allylic oxidation sites excluding steroid dienone is 3. The maximum atomic E-state index is 13.7. The summed E-state index contributed by atoms with van der Waals surface area (Å²) >= 11 is 0. The van der Waals surface area contributed by atoms with Crippen LogP contribution in [0.4, 0.5) is 0 Å². The number of carbonyl (C=O) groups is 2. The molecule has 10 nitrogen and oxygen atoms in total. The van der Waals surface area contributed by atoms with E-state index in [2.05, 4.69) is 4.99 Å². The van der Waals surface area contributed by atoms with E-state index in [-0.39, 0.29) is 36.9 Å². The number of aliphatic hydroxyl groups is 3. The highest BCUT2D eigenvalue weighted by molar-refractivity contribution is 5.98. The first-order valence-corrected chi connectivity index (χ1v) is 14.9. The van der Waals surface area contributed by atoms with Crippen LogP contribution in [0, 0.1) is 5.92 Å². The summed E-state index contributed by atoms with van der Waals surface area (Å²) in [5.41, 5.74) is 2.57. The largest absolute Gasteiger partial charge is 0.496 e. The fourth-order valence-electron chi connectivity index (χ4n) is 6.64. The standard InChI is InChI=1S/C34H37NO9/c1-5-42-33(39)26-13-21(19-11-20(15-36)29(38)22(12-19)17-6-7-25-18(10-17)8-9-35-25)28-31(41-4)23-14-27(34(2,3)40)44-30(23)24(16-37)32(28)43-26/h6-8,10,13,20,22,27,36-37,40H,5,9,11-12,14-16H2,1-4H3. The molecule has 0 radical (unpaired) electrons. The fourth-order valence-corrected chi connectivity index (χ4v) is 6.64. The van der Waals surface area contributed by atoms with Gasteiger partial charge in [-0.05, 0) is 68.2 Å². The van der Waals surface area contributed by atoms with Gasteiger partial charge in [-0.3, -0.25) is 9.79 Å². The smallest absolute Gasteiger partial charge is 0.374 e. The maximum Gasteiger partial charge on any atom is 0.374 e. The molecule has 0 spiro atoms. The molecule has 10 heteroatoms. The molecule has 0 saturated heterocycles. The minimum Gasteiger partial charge on any atom is -0.496 e. The van der Waals surface area contributed by atoms with Gasteiger partial charge in [0.1, 0.15) is 29.1 Å². The van der Waals surface area contributed by atoms with Crippen molar-refractivity contribution < 1.29 is 43.9 Å². The molecule has 0 amide bonds. The van der Waals surface area contributed by atoms with E-state index < -0.39 is 36.1 Å². The Morgan fingerprint density at radius 1 is 1.16 bits per heavy atom. The molecule has 3 heterocycles. The number of ketones is 1. The number of methoxy groups -OCH3 is 1. The van der Waals surface area contributed by atoms with E-state index in [4.69, 9.17) is 18.9 Å². The second-order valence-electron chi connectivity index (χ2n) is 12.1. The highest BCUT2D eigenvalue weighted by atomic mass is 16.6. The van der Waals surface area contributed by atoms with E-state index in [9.17, 15) is 24.9 Å². The Morgan fingerprint density at radius 2 is 1.95 bits per heavy atom. The van der Waals surface area contributed by atoms with Crippen LogP contribution in [-0.4, -0.2) is 65.6 Å². The Kier molecular flexibility index (Phi) is 7.85. The number of hydrogen-bond donors (Lipinski definition) is 3. The molecule has 4 aliphatic rings. The lowest BCUT2D eigenvalue weighted by atomic mass is 9.72. The minimum absolute atomic E-state index is 0.0491. The molecule has 0 aromatic heterocycles. The van der Waals surface area contributed by atoms with Crippen LogP contribution in [0.1, 0.15) is 61.8 Å². The van der Waals surface area contributed by atoms with Crippen molar-refractivity contribution in [1.29, 1.82) is 0 Å². The number of esters is 1. The van der Waals surface area contributed by atoms with Crippen molar-refractivity contribution in [3.05, 3.63) is 68.4 Å². The number of benzene rings is 2. The van der Waals surface area contributed by atoms with Gasteiger partial charge in [-0.25, -0.2) is 4.79 Å².